The van der Waals surface area contributed by atoms with E-state index in [0.29, 0.717) is 12.5 Å². The smallest absolute Gasteiger partial charge is 0.149 e. The van der Waals surface area contributed by atoms with Crippen LogP contribution in [0.5, 0.6) is 11.5 Å². The van der Waals surface area contributed by atoms with Crippen molar-refractivity contribution in [2.75, 3.05) is 19.6 Å². The van der Waals surface area contributed by atoms with Crippen LogP contribution >= 0.6 is 11.6 Å². The molecule has 1 aromatic rings. The van der Waals surface area contributed by atoms with Crippen molar-refractivity contribution in [3.8, 4) is 23.3 Å². The van der Waals surface area contributed by atoms with Crippen molar-refractivity contribution in [1.82, 2.24) is 0 Å². The second-order valence-electron chi connectivity index (χ2n) is 2.45. The van der Waals surface area contributed by atoms with E-state index in [1.165, 1.54) is 0 Å². The highest BCUT2D eigenvalue weighted by Crippen LogP contribution is 2.16. The Hall–Kier alpha value is -1.33. The van der Waals surface area contributed by atoms with Gasteiger partial charge in [-0.05, 0) is 24.3 Å². The fraction of sp³-hybridized carbons (Fsp3) is 0.273. The third-order valence-corrected chi connectivity index (χ3v) is 1.70. The summed E-state index contributed by atoms with van der Waals surface area (Å²) in [7, 11) is 1.63. The van der Waals surface area contributed by atoms with Gasteiger partial charge in [0.15, 0.2) is 0 Å². The molecule has 0 amide bonds. The van der Waals surface area contributed by atoms with Crippen LogP contribution in [0.4, 0.5) is 0 Å². The normalized spacial score (nSPS) is 8.71. The highest BCUT2D eigenvalue weighted by Gasteiger charge is 1.92. The number of hydrogen-bond acceptors (Lipinski definition) is 2. The Morgan fingerprint density at radius 2 is 1.79 bits per heavy atom. The van der Waals surface area contributed by atoms with Crippen LogP contribution in [0.1, 0.15) is 0 Å². The maximum Gasteiger partial charge on any atom is 0.149 e. The first-order valence-electron chi connectivity index (χ1n) is 4.15. The molecule has 0 fully saturated rings. The molecule has 0 aliphatic heterocycles. The van der Waals surface area contributed by atoms with Crippen LogP contribution < -0.4 is 9.47 Å². The molecule has 14 heavy (non-hydrogen) atoms. The predicted molar refractivity (Wildman–Crippen MR) is 57.0 cm³/mol. The highest BCUT2D eigenvalue weighted by molar-refractivity contribution is 6.19. The summed E-state index contributed by atoms with van der Waals surface area (Å²) in [6.45, 7) is 0.360. The van der Waals surface area contributed by atoms with Crippen molar-refractivity contribution in [2.24, 2.45) is 0 Å². The molecule has 0 heterocycles. The number of benzene rings is 1. The molecule has 0 aliphatic carbocycles. The number of alkyl halides is 1. The lowest BCUT2D eigenvalue weighted by molar-refractivity contribution is 0.368. The number of hydrogen-bond donors (Lipinski definition) is 0. The van der Waals surface area contributed by atoms with Crippen molar-refractivity contribution in [1.29, 1.82) is 0 Å². The maximum absolute atomic E-state index is 5.38. The standard InChI is InChI=1S/C11H11ClO2/c1-13-10-4-6-11(7-5-10)14-9-3-2-8-12/h4-7H,8-9H2,1H3. The van der Waals surface area contributed by atoms with Gasteiger partial charge in [-0.2, -0.15) is 0 Å². The van der Waals surface area contributed by atoms with Gasteiger partial charge < -0.3 is 9.47 Å². The van der Waals surface area contributed by atoms with E-state index < -0.39 is 0 Å². The highest BCUT2D eigenvalue weighted by atomic mass is 35.5. The minimum absolute atomic E-state index is 0.339. The molecule has 1 rings (SSSR count). The first-order valence-corrected chi connectivity index (χ1v) is 4.69. The van der Waals surface area contributed by atoms with E-state index in [0.717, 1.165) is 11.5 Å². The van der Waals surface area contributed by atoms with Gasteiger partial charge in [0.05, 0.1) is 13.0 Å². The molecule has 0 N–H and O–H groups in total. The summed E-state index contributed by atoms with van der Waals surface area (Å²) in [5, 5.41) is 0. The molecule has 0 aliphatic rings. The lowest BCUT2D eigenvalue weighted by Gasteiger charge is -2.02. The lowest BCUT2D eigenvalue weighted by atomic mass is 10.3. The van der Waals surface area contributed by atoms with Gasteiger partial charge in [-0.25, -0.2) is 0 Å². The number of halogens is 1. The van der Waals surface area contributed by atoms with Crippen molar-refractivity contribution in [3.63, 3.8) is 0 Å². The zero-order valence-corrected chi connectivity index (χ0v) is 8.67. The topological polar surface area (TPSA) is 18.5 Å². The lowest BCUT2D eigenvalue weighted by Crippen LogP contribution is -1.93. The SMILES string of the molecule is COc1ccc(OCC#CCCl)cc1. The van der Waals surface area contributed by atoms with E-state index in [9.17, 15) is 0 Å². The number of rotatable bonds is 3. The van der Waals surface area contributed by atoms with Crippen molar-refractivity contribution in [2.45, 2.75) is 0 Å². The summed E-state index contributed by atoms with van der Waals surface area (Å²) in [6.07, 6.45) is 0. The molecule has 0 atom stereocenters. The van der Waals surface area contributed by atoms with E-state index in [2.05, 4.69) is 11.8 Å². The zero-order valence-electron chi connectivity index (χ0n) is 7.92. The second kappa shape index (κ2) is 6.17. The van der Waals surface area contributed by atoms with Crippen LogP contribution in [0, 0.1) is 11.8 Å². The first-order chi connectivity index (χ1) is 6.86. The Morgan fingerprint density at radius 1 is 1.14 bits per heavy atom. The monoisotopic (exact) mass is 210 g/mol. The number of ether oxygens (including phenoxy) is 2. The Bertz CT molecular complexity index is 321. The van der Waals surface area contributed by atoms with E-state index >= 15 is 0 Å². The number of methoxy groups -OCH3 is 1. The summed E-state index contributed by atoms with van der Waals surface area (Å²) < 4.78 is 10.3. The summed E-state index contributed by atoms with van der Waals surface area (Å²) in [4.78, 5) is 0. The molecule has 0 radical (unpaired) electrons. The molecule has 0 saturated heterocycles. The van der Waals surface area contributed by atoms with Crippen molar-refractivity contribution in [3.05, 3.63) is 24.3 Å². The van der Waals surface area contributed by atoms with E-state index in [1.807, 2.05) is 24.3 Å². The summed E-state index contributed by atoms with van der Waals surface area (Å²) in [6, 6.07) is 7.34. The quantitative estimate of drug-likeness (QED) is 0.563. The third kappa shape index (κ3) is 3.59. The fourth-order valence-electron chi connectivity index (χ4n) is 0.890. The molecule has 0 bridgehead atoms. The minimum Gasteiger partial charge on any atom is -0.497 e. The van der Waals surface area contributed by atoms with Crippen LogP contribution in [-0.4, -0.2) is 19.6 Å². The summed E-state index contributed by atoms with van der Waals surface area (Å²) >= 11 is 5.38. The van der Waals surface area contributed by atoms with E-state index in [4.69, 9.17) is 21.1 Å². The van der Waals surface area contributed by atoms with Crippen LogP contribution in [0.3, 0.4) is 0 Å². The van der Waals surface area contributed by atoms with Gasteiger partial charge in [-0.15, -0.1) is 11.6 Å². The van der Waals surface area contributed by atoms with Crippen molar-refractivity contribution >= 4 is 11.6 Å². The third-order valence-electron chi connectivity index (χ3n) is 1.56. The van der Waals surface area contributed by atoms with Gasteiger partial charge in [0.2, 0.25) is 0 Å². The molecule has 0 unspecified atom stereocenters. The Morgan fingerprint density at radius 3 is 2.36 bits per heavy atom. The van der Waals surface area contributed by atoms with Gasteiger partial charge in [-0.1, -0.05) is 11.8 Å². The second-order valence-corrected chi connectivity index (χ2v) is 2.72. The van der Waals surface area contributed by atoms with Gasteiger partial charge in [0.1, 0.15) is 18.1 Å². The molecule has 0 spiro atoms. The largest absolute Gasteiger partial charge is 0.497 e. The average Bonchev–Trinajstić information content (AvgIpc) is 2.25. The Kier molecular flexibility index (Phi) is 4.74. The van der Waals surface area contributed by atoms with Gasteiger partial charge in [0.25, 0.3) is 0 Å². The molecule has 0 aromatic heterocycles. The summed E-state index contributed by atoms with van der Waals surface area (Å²) in [5.74, 6) is 7.41. The molecular weight excluding hydrogens is 200 g/mol. The van der Waals surface area contributed by atoms with Crippen molar-refractivity contribution < 1.29 is 9.47 Å². The van der Waals surface area contributed by atoms with Crippen LogP contribution in [-0.2, 0) is 0 Å². The van der Waals surface area contributed by atoms with Crippen LogP contribution in [0.15, 0.2) is 24.3 Å². The maximum atomic E-state index is 5.38. The van der Waals surface area contributed by atoms with Gasteiger partial charge in [0, 0.05) is 0 Å². The molecule has 74 valence electrons. The Balaban J connectivity index is 2.43. The van der Waals surface area contributed by atoms with E-state index in [-0.39, 0.29) is 0 Å². The zero-order chi connectivity index (χ0) is 10.2. The minimum atomic E-state index is 0.339. The molecular formula is C11H11ClO2. The molecule has 3 heteroatoms. The molecule has 0 saturated carbocycles. The predicted octanol–water partition coefficient (Wildman–Crippen LogP) is 2.32. The summed E-state index contributed by atoms with van der Waals surface area (Å²) in [5.41, 5.74) is 0. The van der Waals surface area contributed by atoms with Gasteiger partial charge in [-0.3, -0.25) is 0 Å². The van der Waals surface area contributed by atoms with Crippen LogP contribution in [0.2, 0.25) is 0 Å². The first kappa shape index (κ1) is 10.7. The Labute approximate surface area is 88.8 Å². The molecule has 1 aromatic carbocycles. The van der Waals surface area contributed by atoms with Gasteiger partial charge >= 0.3 is 0 Å². The van der Waals surface area contributed by atoms with Crippen LogP contribution in [0.25, 0.3) is 0 Å². The fourth-order valence-corrected chi connectivity index (χ4v) is 0.984. The van der Waals surface area contributed by atoms with E-state index in [1.54, 1.807) is 7.11 Å². The average molecular weight is 211 g/mol. The molecule has 2 nitrogen and oxygen atoms in total.